The van der Waals surface area contributed by atoms with Crippen molar-refractivity contribution < 1.29 is 19.0 Å². The van der Waals surface area contributed by atoms with Crippen molar-refractivity contribution in [1.82, 2.24) is 20.0 Å². The number of hydrogen-bond acceptors (Lipinski definition) is 7. The lowest BCUT2D eigenvalue weighted by Gasteiger charge is -2.35. The van der Waals surface area contributed by atoms with Gasteiger partial charge in [-0.3, -0.25) is 9.80 Å². The van der Waals surface area contributed by atoms with Gasteiger partial charge in [0.15, 0.2) is 0 Å². The molecule has 0 saturated carbocycles. The summed E-state index contributed by atoms with van der Waals surface area (Å²) in [6, 6.07) is 33.7. The standard InChI is InChI=1S/C23H30N2O3.C18H22N2O/c1-23(2,3)28-22(26)25-14-12-24(13-15-25)17-20-11-10-19(16-21(20)27-4)18-8-6-5-7-9-18;1-21-18-13-16(15-5-3-2-4-6-15)7-8-17(18)14-20-11-9-19-10-12-20/h5-11,16H,12-15,17H2,1-4H3;2-8,13,19H,9-12,14H2,1H3. The summed E-state index contributed by atoms with van der Waals surface area (Å²) in [5.41, 5.74) is 6.73. The summed E-state index contributed by atoms with van der Waals surface area (Å²) in [5.74, 6) is 1.88. The highest BCUT2D eigenvalue weighted by molar-refractivity contribution is 5.68. The number of amides is 1. The lowest BCUT2D eigenvalue weighted by Crippen LogP contribution is -2.49. The molecule has 0 bridgehead atoms. The first kappa shape index (κ1) is 35.9. The monoisotopic (exact) mass is 664 g/mol. The molecule has 0 atom stereocenters. The molecule has 2 fully saturated rings. The highest BCUT2D eigenvalue weighted by Gasteiger charge is 2.26. The molecule has 0 unspecified atom stereocenters. The molecule has 2 heterocycles. The number of piperazine rings is 2. The molecule has 0 aromatic heterocycles. The van der Waals surface area contributed by atoms with Crippen LogP contribution in [0.5, 0.6) is 11.5 Å². The van der Waals surface area contributed by atoms with Gasteiger partial charge in [0, 0.05) is 76.6 Å². The largest absolute Gasteiger partial charge is 0.496 e. The van der Waals surface area contributed by atoms with Gasteiger partial charge in [-0.05, 0) is 55.2 Å². The van der Waals surface area contributed by atoms with Crippen LogP contribution in [0.3, 0.4) is 0 Å². The first-order chi connectivity index (χ1) is 23.7. The number of nitrogens with one attached hydrogen (secondary N) is 1. The molecule has 2 saturated heterocycles. The minimum Gasteiger partial charge on any atom is -0.496 e. The summed E-state index contributed by atoms with van der Waals surface area (Å²) in [6.45, 7) is 14.8. The van der Waals surface area contributed by atoms with Gasteiger partial charge in [0.05, 0.1) is 14.2 Å². The topological polar surface area (TPSA) is 66.5 Å². The minimum absolute atomic E-state index is 0.225. The van der Waals surface area contributed by atoms with Crippen LogP contribution in [0.1, 0.15) is 31.9 Å². The smallest absolute Gasteiger partial charge is 0.410 e. The van der Waals surface area contributed by atoms with E-state index in [2.05, 4.69) is 87.9 Å². The Balaban J connectivity index is 0.000000199. The van der Waals surface area contributed by atoms with Gasteiger partial charge in [0.1, 0.15) is 17.1 Å². The van der Waals surface area contributed by atoms with E-state index < -0.39 is 5.60 Å². The summed E-state index contributed by atoms with van der Waals surface area (Å²) in [4.78, 5) is 18.8. The number of ether oxygens (including phenoxy) is 3. The number of rotatable bonds is 8. The highest BCUT2D eigenvalue weighted by Crippen LogP contribution is 2.30. The molecule has 8 nitrogen and oxygen atoms in total. The van der Waals surface area contributed by atoms with E-state index in [1.165, 1.54) is 22.3 Å². The summed E-state index contributed by atoms with van der Waals surface area (Å²) in [6.07, 6.45) is -0.225. The second kappa shape index (κ2) is 17.3. The maximum Gasteiger partial charge on any atom is 0.410 e. The molecule has 0 spiro atoms. The van der Waals surface area contributed by atoms with Gasteiger partial charge in [-0.2, -0.15) is 0 Å². The summed E-state index contributed by atoms with van der Waals surface area (Å²) in [5, 5.41) is 3.39. The van der Waals surface area contributed by atoms with Crippen LogP contribution in [0, 0.1) is 0 Å². The summed E-state index contributed by atoms with van der Waals surface area (Å²) >= 11 is 0. The van der Waals surface area contributed by atoms with Crippen LogP contribution in [0.15, 0.2) is 97.1 Å². The van der Waals surface area contributed by atoms with Crippen molar-refractivity contribution in [3.05, 3.63) is 108 Å². The number of benzene rings is 4. The number of hydrogen-bond donors (Lipinski definition) is 1. The van der Waals surface area contributed by atoms with Crippen LogP contribution in [0.25, 0.3) is 22.3 Å². The predicted octanol–water partition coefficient (Wildman–Crippen LogP) is 7.18. The molecule has 2 aliphatic heterocycles. The Morgan fingerprint density at radius 1 is 0.612 bits per heavy atom. The Labute approximate surface area is 292 Å². The van der Waals surface area contributed by atoms with Crippen molar-refractivity contribution >= 4 is 6.09 Å². The average Bonchev–Trinajstić information content (AvgIpc) is 3.13. The van der Waals surface area contributed by atoms with Crippen LogP contribution in [-0.2, 0) is 17.8 Å². The van der Waals surface area contributed by atoms with E-state index in [9.17, 15) is 4.79 Å². The zero-order valence-corrected chi connectivity index (χ0v) is 29.8. The lowest BCUT2D eigenvalue weighted by atomic mass is 10.0. The highest BCUT2D eigenvalue weighted by atomic mass is 16.6. The van der Waals surface area contributed by atoms with Crippen molar-refractivity contribution in [3.8, 4) is 33.8 Å². The fourth-order valence-corrected chi connectivity index (χ4v) is 6.14. The molecule has 49 heavy (non-hydrogen) atoms. The van der Waals surface area contributed by atoms with E-state index in [4.69, 9.17) is 14.2 Å². The van der Waals surface area contributed by atoms with Crippen LogP contribution in [-0.4, -0.2) is 93.0 Å². The fraction of sp³-hybridized carbons (Fsp3) is 0.390. The molecule has 2 aliphatic rings. The third-order valence-electron chi connectivity index (χ3n) is 8.81. The first-order valence-electron chi connectivity index (χ1n) is 17.3. The van der Waals surface area contributed by atoms with Crippen molar-refractivity contribution in [3.63, 3.8) is 0 Å². The summed E-state index contributed by atoms with van der Waals surface area (Å²) < 4.78 is 16.7. The van der Waals surface area contributed by atoms with Crippen LogP contribution < -0.4 is 14.8 Å². The fourth-order valence-electron chi connectivity index (χ4n) is 6.14. The third-order valence-corrected chi connectivity index (χ3v) is 8.81. The third kappa shape index (κ3) is 10.6. The molecule has 4 aromatic carbocycles. The SMILES string of the molecule is COc1cc(-c2ccccc2)ccc1CN1CCN(C(=O)OC(C)(C)C)CC1.COc1cc(-c2ccccc2)ccc1CN1CCNCC1. The Hall–Kier alpha value is -4.37. The maximum atomic E-state index is 12.2. The minimum atomic E-state index is -0.456. The summed E-state index contributed by atoms with van der Waals surface area (Å²) in [7, 11) is 3.47. The van der Waals surface area contributed by atoms with Crippen molar-refractivity contribution in [2.75, 3.05) is 66.6 Å². The van der Waals surface area contributed by atoms with Gasteiger partial charge in [0.2, 0.25) is 0 Å². The van der Waals surface area contributed by atoms with Crippen molar-refractivity contribution in [2.24, 2.45) is 0 Å². The normalized spacial score (nSPS) is 15.6. The molecule has 0 radical (unpaired) electrons. The zero-order valence-electron chi connectivity index (χ0n) is 29.8. The number of nitrogens with zero attached hydrogens (tertiary/aromatic N) is 3. The van der Waals surface area contributed by atoms with Crippen LogP contribution in [0.4, 0.5) is 4.79 Å². The Kier molecular flexibility index (Phi) is 12.7. The van der Waals surface area contributed by atoms with Gasteiger partial charge in [-0.25, -0.2) is 4.79 Å². The Morgan fingerprint density at radius 2 is 1.06 bits per heavy atom. The first-order valence-corrected chi connectivity index (χ1v) is 17.3. The molecule has 6 rings (SSSR count). The van der Waals surface area contributed by atoms with Gasteiger partial charge >= 0.3 is 6.09 Å². The van der Waals surface area contributed by atoms with E-state index >= 15 is 0 Å². The van der Waals surface area contributed by atoms with Crippen molar-refractivity contribution in [1.29, 1.82) is 0 Å². The van der Waals surface area contributed by atoms with Gasteiger partial charge in [0.25, 0.3) is 0 Å². The number of carbonyl (C=O) groups is 1. The van der Waals surface area contributed by atoms with Crippen LogP contribution >= 0.6 is 0 Å². The van der Waals surface area contributed by atoms with E-state index in [1.54, 1.807) is 19.1 Å². The van der Waals surface area contributed by atoms with Gasteiger partial charge < -0.3 is 24.4 Å². The van der Waals surface area contributed by atoms with Crippen LogP contribution in [0.2, 0.25) is 0 Å². The van der Waals surface area contributed by atoms with E-state index in [0.29, 0.717) is 13.1 Å². The zero-order chi connectivity index (χ0) is 34.6. The second-order valence-corrected chi connectivity index (χ2v) is 13.6. The van der Waals surface area contributed by atoms with Gasteiger partial charge in [-0.15, -0.1) is 0 Å². The molecule has 4 aromatic rings. The molecular weight excluding hydrogens is 612 g/mol. The Morgan fingerprint density at radius 3 is 1.49 bits per heavy atom. The predicted molar refractivity (Wildman–Crippen MR) is 198 cm³/mol. The van der Waals surface area contributed by atoms with Crippen molar-refractivity contribution in [2.45, 2.75) is 39.5 Å². The van der Waals surface area contributed by atoms with Gasteiger partial charge in [-0.1, -0.05) is 84.9 Å². The molecule has 8 heteroatoms. The molecular formula is C41H52N4O4. The molecule has 0 aliphatic carbocycles. The Bertz CT molecular complexity index is 1610. The molecule has 1 amide bonds. The quantitative estimate of drug-likeness (QED) is 0.214. The molecule has 260 valence electrons. The molecule has 1 N–H and O–H groups in total. The van der Waals surface area contributed by atoms with E-state index in [1.807, 2.05) is 45.0 Å². The average molecular weight is 665 g/mol. The lowest BCUT2D eigenvalue weighted by molar-refractivity contribution is 0.0138. The number of methoxy groups -OCH3 is 2. The second-order valence-electron chi connectivity index (χ2n) is 13.6. The maximum absolute atomic E-state index is 12.2. The number of carbonyl (C=O) groups excluding carboxylic acids is 1. The van der Waals surface area contributed by atoms with E-state index in [-0.39, 0.29) is 6.09 Å². The van der Waals surface area contributed by atoms with E-state index in [0.717, 1.165) is 75.0 Å².